The number of hydrogen-bond acceptors (Lipinski definition) is 3. The lowest BCUT2D eigenvalue weighted by atomic mass is 9.87. The van der Waals surface area contributed by atoms with Gasteiger partial charge in [-0.25, -0.2) is 0 Å². The first kappa shape index (κ1) is 14.5. The Balaban J connectivity index is 1.88. The highest BCUT2D eigenvalue weighted by atomic mass is 35.5. The van der Waals surface area contributed by atoms with Gasteiger partial charge in [-0.15, -0.1) is 11.3 Å². The maximum absolute atomic E-state index is 12.1. The van der Waals surface area contributed by atoms with Crippen LogP contribution in [-0.2, 0) is 4.79 Å². The van der Waals surface area contributed by atoms with Gasteiger partial charge in [0.1, 0.15) is 0 Å². The van der Waals surface area contributed by atoms with Crippen molar-refractivity contribution in [1.82, 2.24) is 10.2 Å². The second-order valence-electron chi connectivity index (χ2n) is 5.64. The highest BCUT2D eigenvalue weighted by Gasteiger charge is 2.33. The zero-order valence-corrected chi connectivity index (χ0v) is 14.0. The van der Waals surface area contributed by atoms with Crippen LogP contribution in [0.5, 0.6) is 0 Å². The Morgan fingerprint density at radius 3 is 2.74 bits per heavy atom. The summed E-state index contributed by atoms with van der Waals surface area (Å²) in [5.41, 5.74) is 4.22. The quantitative estimate of drug-likeness (QED) is 0.715. The third-order valence-electron chi connectivity index (χ3n) is 4.15. The SMILES string of the molecule is Cc1ccsc1[C@H]1CC(=O)Nc2n[nH]c(-c3ccc(Cl)cc3)c21. The molecule has 3 aromatic rings. The number of nitrogens with zero attached hydrogens (tertiary/aromatic N) is 1. The van der Waals surface area contributed by atoms with Gasteiger partial charge in [-0.05, 0) is 36.1 Å². The molecule has 6 heteroatoms. The largest absolute Gasteiger partial charge is 0.309 e. The van der Waals surface area contributed by atoms with Crippen LogP contribution in [0.15, 0.2) is 35.7 Å². The number of anilines is 1. The second kappa shape index (κ2) is 5.51. The monoisotopic (exact) mass is 343 g/mol. The van der Waals surface area contributed by atoms with Crippen LogP contribution in [0.3, 0.4) is 0 Å². The van der Waals surface area contributed by atoms with E-state index in [1.807, 2.05) is 24.3 Å². The number of halogens is 1. The minimum absolute atomic E-state index is 0.00413. The number of fused-ring (bicyclic) bond motifs is 1. The molecule has 0 spiro atoms. The molecular weight excluding hydrogens is 330 g/mol. The highest BCUT2D eigenvalue weighted by Crippen LogP contribution is 2.44. The molecule has 1 aliphatic rings. The fraction of sp³-hybridized carbons (Fsp3) is 0.176. The van der Waals surface area contributed by atoms with E-state index in [1.165, 1.54) is 10.4 Å². The van der Waals surface area contributed by atoms with Crippen LogP contribution in [0.2, 0.25) is 5.02 Å². The van der Waals surface area contributed by atoms with E-state index < -0.39 is 0 Å². The van der Waals surface area contributed by atoms with Gasteiger partial charge < -0.3 is 5.32 Å². The Bertz CT molecular complexity index is 882. The molecule has 0 bridgehead atoms. The average Bonchev–Trinajstić information content (AvgIpc) is 3.13. The summed E-state index contributed by atoms with van der Waals surface area (Å²) >= 11 is 7.67. The standard InChI is InChI=1S/C17H14ClN3OS/c1-9-6-7-23-16(9)12-8-13(22)19-17-14(12)15(20-21-17)10-2-4-11(18)5-3-10/h2-7,12H,8H2,1H3,(H2,19,20,21,22)/t12-/m0/s1. The number of aryl methyl sites for hydroxylation is 1. The van der Waals surface area contributed by atoms with Gasteiger partial charge in [0.2, 0.25) is 5.91 Å². The lowest BCUT2D eigenvalue weighted by molar-refractivity contribution is -0.116. The first-order chi connectivity index (χ1) is 11.1. The van der Waals surface area contributed by atoms with Gasteiger partial charge >= 0.3 is 0 Å². The predicted molar refractivity (Wildman–Crippen MR) is 93.2 cm³/mol. The zero-order chi connectivity index (χ0) is 16.0. The summed E-state index contributed by atoms with van der Waals surface area (Å²) in [4.78, 5) is 13.3. The number of H-pyrrole nitrogens is 1. The van der Waals surface area contributed by atoms with Gasteiger partial charge in [-0.1, -0.05) is 23.7 Å². The minimum atomic E-state index is 0.00413. The number of aromatic amines is 1. The number of carbonyl (C=O) groups is 1. The number of amides is 1. The Hall–Kier alpha value is -2.11. The Morgan fingerprint density at radius 2 is 2.04 bits per heavy atom. The third-order valence-corrected chi connectivity index (χ3v) is 5.54. The molecule has 2 N–H and O–H groups in total. The molecule has 1 atom stereocenters. The van der Waals surface area contributed by atoms with Crippen LogP contribution in [0.25, 0.3) is 11.3 Å². The molecule has 0 fully saturated rings. The van der Waals surface area contributed by atoms with Crippen LogP contribution in [-0.4, -0.2) is 16.1 Å². The van der Waals surface area contributed by atoms with Gasteiger partial charge in [0, 0.05) is 33.4 Å². The summed E-state index contributed by atoms with van der Waals surface area (Å²) in [6, 6.07) is 9.73. The topological polar surface area (TPSA) is 57.8 Å². The second-order valence-corrected chi connectivity index (χ2v) is 7.02. The van der Waals surface area contributed by atoms with Gasteiger partial charge in [0.05, 0.1) is 5.69 Å². The first-order valence-corrected chi connectivity index (χ1v) is 8.57. The number of hydrogen-bond donors (Lipinski definition) is 2. The lowest BCUT2D eigenvalue weighted by Crippen LogP contribution is -2.23. The van der Waals surface area contributed by atoms with E-state index in [0.717, 1.165) is 16.8 Å². The van der Waals surface area contributed by atoms with Crippen LogP contribution in [0.4, 0.5) is 5.82 Å². The van der Waals surface area contributed by atoms with Gasteiger partial charge in [-0.2, -0.15) is 5.10 Å². The van der Waals surface area contributed by atoms with Crippen LogP contribution in [0, 0.1) is 6.92 Å². The number of thiophene rings is 1. The molecule has 1 amide bonds. The van der Waals surface area contributed by atoms with E-state index in [4.69, 9.17) is 11.6 Å². The van der Waals surface area contributed by atoms with Crippen LogP contribution in [0.1, 0.15) is 28.3 Å². The molecule has 0 saturated heterocycles. The molecule has 116 valence electrons. The summed E-state index contributed by atoms with van der Waals surface area (Å²) in [5, 5.41) is 13.0. The summed E-state index contributed by atoms with van der Waals surface area (Å²) in [5.74, 6) is 0.664. The summed E-state index contributed by atoms with van der Waals surface area (Å²) < 4.78 is 0. The molecule has 3 heterocycles. The van der Waals surface area contributed by atoms with E-state index in [2.05, 4.69) is 33.9 Å². The maximum Gasteiger partial charge on any atom is 0.226 e. The van der Waals surface area contributed by atoms with Crippen molar-refractivity contribution in [3.8, 4) is 11.3 Å². The van der Waals surface area contributed by atoms with Crippen molar-refractivity contribution in [3.05, 3.63) is 56.7 Å². The first-order valence-electron chi connectivity index (χ1n) is 7.31. The molecular formula is C17H14ClN3OS. The summed E-state index contributed by atoms with van der Waals surface area (Å²) in [6.07, 6.45) is 0.439. The molecule has 1 aromatic carbocycles. The van der Waals surface area contributed by atoms with Gasteiger partial charge in [0.15, 0.2) is 5.82 Å². The molecule has 0 radical (unpaired) electrons. The van der Waals surface area contributed by atoms with Crippen molar-refractivity contribution in [1.29, 1.82) is 0 Å². The third kappa shape index (κ3) is 2.46. The molecule has 0 unspecified atom stereocenters. The van der Waals surface area contributed by atoms with Crippen molar-refractivity contribution in [2.75, 3.05) is 5.32 Å². The van der Waals surface area contributed by atoms with Crippen LogP contribution >= 0.6 is 22.9 Å². The molecule has 1 aliphatic heterocycles. The number of carbonyl (C=O) groups excluding carboxylic acids is 1. The van der Waals surface area contributed by atoms with Gasteiger partial charge in [-0.3, -0.25) is 9.89 Å². The van der Waals surface area contributed by atoms with Crippen molar-refractivity contribution < 1.29 is 4.79 Å². The molecule has 0 saturated carbocycles. The van der Waals surface area contributed by atoms with E-state index in [1.54, 1.807) is 11.3 Å². The number of aromatic nitrogens is 2. The van der Waals surface area contributed by atoms with Crippen molar-refractivity contribution >= 4 is 34.7 Å². The predicted octanol–water partition coefficient (Wildman–Crippen LogP) is 4.57. The number of rotatable bonds is 2. The normalized spacial score (nSPS) is 17.0. The Labute approximate surface area is 142 Å². The molecule has 4 rings (SSSR count). The van der Waals surface area contributed by atoms with E-state index >= 15 is 0 Å². The van der Waals surface area contributed by atoms with Crippen LogP contribution < -0.4 is 5.32 Å². The van der Waals surface area contributed by atoms with Crippen molar-refractivity contribution in [2.24, 2.45) is 0 Å². The highest BCUT2D eigenvalue weighted by molar-refractivity contribution is 7.10. The molecule has 4 nitrogen and oxygen atoms in total. The van der Waals surface area contributed by atoms with E-state index in [-0.39, 0.29) is 11.8 Å². The van der Waals surface area contributed by atoms with Crippen molar-refractivity contribution in [2.45, 2.75) is 19.3 Å². The molecule has 23 heavy (non-hydrogen) atoms. The smallest absolute Gasteiger partial charge is 0.226 e. The summed E-state index contributed by atoms with van der Waals surface area (Å²) in [7, 11) is 0. The Morgan fingerprint density at radius 1 is 1.26 bits per heavy atom. The average molecular weight is 344 g/mol. The number of benzene rings is 1. The fourth-order valence-corrected chi connectivity index (χ4v) is 4.22. The van der Waals surface area contributed by atoms with Crippen molar-refractivity contribution in [3.63, 3.8) is 0 Å². The fourth-order valence-electron chi connectivity index (χ4n) is 3.06. The maximum atomic E-state index is 12.1. The zero-order valence-electron chi connectivity index (χ0n) is 12.4. The van der Waals surface area contributed by atoms with E-state index in [0.29, 0.717) is 17.3 Å². The minimum Gasteiger partial charge on any atom is -0.309 e. The lowest BCUT2D eigenvalue weighted by Gasteiger charge is -2.23. The number of nitrogens with one attached hydrogen (secondary N) is 2. The van der Waals surface area contributed by atoms with Gasteiger partial charge in [0.25, 0.3) is 0 Å². The molecule has 2 aromatic heterocycles. The molecule has 0 aliphatic carbocycles. The van der Waals surface area contributed by atoms with E-state index in [9.17, 15) is 4.79 Å². The Kier molecular flexibility index (Phi) is 3.47. The summed E-state index contributed by atoms with van der Waals surface area (Å²) in [6.45, 7) is 2.08.